The maximum atomic E-state index is 8.80. The molecule has 0 atom stereocenters. The van der Waals surface area contributed by atoms with Gasteiger partial charge in [-0.3, -0.25) is 0 Å². The van der Waals surface area contributed by atoms with Gasteiger partial charge in [0.15, 0.2) is 0 Å². The lowest BCUT2D eigenvalue weighted by atomic mass is 9.90. The first-order valence-corrected chi connectivity index (χ1v) is 4.90. The van der Waals surface area contributed by atoms with Crippen molar-refractivity contribution in [3.8, 4) is 0 Å². The van der Waals surface area contributed by atoms with Crippen LogP contribution in [0.1, 0.15) is 11.8 Å². The van der Waals surface area contributed by atoms with Crippen molar-refractivity contribution in [1.29, 1.82) is 0 Å². The summed E-state index contributed by atoms with van der Waals surface area (Å²) in [4.78, 5) is 1.15. The van der Waals surface area contributed by atoms with Gasteiger partial charge >= 0.3 is 7.12 Å². The number of thiophene rings is 1. The maximum Gasteiger partial charge on any atom is 0.499 e. The van der Waals surface area contributed by atoms with Crippen LogP contribution in [0.5, 0.6) is 0 Å². The van der Waals surface area contributed by atoms with E-state index >= 15 is 0 Å². The molecule has 2 nitrogen and oxygen atoms in total. The molecular formula is C6H8BBrO2S. The Morgan fingerprint density at radius 2 is 2.27 bits per heavy atom. The molecule has 0 spiro atoms. The molecule has 0 radical (unpaired) electrons. The zero-order valence-corrected chi connectivity index (χ0v) is 8.44. The molecule has 0 fully saturated rings. The molecule has 0 aliphatic rings. The average Bonchev–Trinajstić information content (AvgIpc) is 2.31. The highest BCUT2D eigenvalue weighted by Gasteiger charge is 2.15. The molecule has 60 valence electrons. The highest BCUT2D eigenvalue weighted by Crippen LogP contribution is 2.21. The van der Waals surface area contributed by atoms with Crippen molar-refractivity contribution < 1.29 is 10.0 Å². The van der Waals surface area contributed by atoms with Crippen molar-refractivity contribution in [1.82, 2.24) is 0 Å². The summed E-state index contributed by atoms with van der Waals surface area (Å²) in [7, 11) is -1.34. The van der Waals surface area contributed by atoms with Gasteiger partial charge in [0.25, 0.3) is 0 Å². The molecule has 11 heavy (non-hydrogen) atoms. The van der Waals surface area contributed by atoms with Crippen LogP contribution in [0.2, 0.25) is 0 Å². The Labute approximate surface area is 78.2 Å². The van der Waals surface area contributed by atoms with E-state index in [1.165, 1.54) is 11.3 Å². The van der Waals surface area contributed by atoms with Gasteiger partial charge in [-0.05, 0) is 28.4 Å². The predicted octanol–water partition coefficient (Wildman–Crippen LogP) is 0.753. The minimum atomic E-state index is -1.34. The zero-order valence-electron chi connectivity index (χ0n) is 6.04. The summed E-state index contributed by atoms with van der Waals surface area (Å²) in [5.74, 6) is 0. The van der Waals surface area contributed by atoms with Crippen molar-refractivity contribution in [3.05, 3.63) is 15.4 Å². The number of aryl methyl sites for hydroxylation is 1. The topological polar surface area (TPSA) is 40.5 Å². The van der Waals surface area contributed by atoms with Gasteiger partial charge in [0.1, 0.15) is 0 Å². The molecule has 1 rings (SSSR count). The zero-order chi connectivity index (χ0) is 8.43. The van der Waals surface area contributed by atoms with E-state index in [0.29, 0.717) is 4.78 Å². The third-order valence-electron chi connectivity index (χ3n) is 1.35. The fraction of sp³-hybridized carbons (Fsp3) is 0.333. The first-order chi connectivity index (χ1) is 5.15. The Morgan fingerprint density at radius 3 is 2.55 bits per heavy atom. The SMILES string of the molecule is CCc1sc(B(O)O)cc1Br. The largest absolute Gasteiger partial charge is 0.499 e. The summed E-state index contributed by atoms with van der Waals surface area (Å²) in [5, 5.41) is 17.6. The number of hydrogen-bond acceptors (Lipinski definition) is 3. The van der Waals surface area contributed by atoms with Crippen LogP contribution in [0.4, 0.5) is 0 Å². The second-order valence-corrected chi connectivity index (χ2v) is 4.17. The lowest BCUT2D eigenvalue weighted by molar-refractivity contribution is 0.427. The van der Waals surface area contributed by atoms with E-state index in [1.54, 1.807) is 6.07 Å². The lowest BCUT2D eigenvalue weighted by Crippen LogP contribution is -2.26. The molecule has 1 aromatic rings. The molecule has 1 heterocycles. The molecular weight excluding hydrogens is 227 g/mol. The normalized spacial score (nSPS) is 10.2. The van der Waals surface area contributed by atoms with E-state index in [9.17, 15) is 0 Å². The summed E-state index contributed by atoms with van der Waals surface area (Å²) in [6.07, 6.45) is 0.915. The van der Waals surface area contributed by atoms with Gasteiger partial charge in [0, 0.05) is 14.1 Å². The number of rotatable bonds is 2. The summed E-state index contributed by atoms with van der Waals surface area (Å²) in [5.41, 5.74) is 0. The molecule has 0 amide bonds. The molecule has 0 aromatic carbocycles. The summed E-state index contributed by atoms with van der Waals surface area (Å²) in [6, 6.07) is 1.74. The second-order valence-electron chi connectivity index (χ2n) is 2.15. The third-order valence-corrected chi connectivity index (χ3v) is 3.64. The smallest absolute Gasteiger partial charge is 0.423 e. The highest BCUT2D eigenvalue weighted by molar-refractivity contribution is 9.10. The summed E-state index contributed by atoms with van der Waals surface area (Å²) >= 11 is 4.75. The predicted molar refractivity (Wildman–Crippen MR) is 51.2 cm³/mol. The molecule has 0 aliphatic carbocycles. The molecule has 0 aliphatic heterocycles. The van der Waals surface area contributed by atoms with Crippen LogP contribution in [-0.2, 0) is 6.42 Å². The molecule has 5 heteroatoms. The Balaban J connectivity index is 2.95. The van der Waals surface area contributed by atoms with Gasteiger partial charge in [-0.1, -0.05) is 6.92 Å². The summed E-state index contributed by atoms with van der Waals surface area (Å²) < 4.78 is 1.56. The Morgan fingerprint density at radius 1 is 1.64 bits per heavy atom. The Hall–Kier alpha value is 0.165. The first-order valence-electron chi connectivity index (χ1n) is 3.29. The van der Waals surface area contributed by atoms with Crippen LogP contribution in [0.25, 0.3) is 0 Å². The van der Waals surface area contributed by atoms with Crippen LogP contribution >= 0.6 is 27.3 Å². The second kappa shape index (κ2) is 3.71. The average molecular weight is 235 g/mol. The van der Waals surface area contributed by atoms with Gasteiger partial charge in [0.05, 0.1) is 0 Å². The van der Waals surface area contributed by atoms with E-state index in [0.717, 1.165) is 15.8 Å². The monoisotopic (exact) mass is 234 g/mol. The van der Waals surface area contributed by atoms with Crippen molar-refractivity contribution in [3.63, 3.8) is 0 Å². The molecule has 0 saturated carbocycles. The van der Waals surface area contributed by atoms with Crippen molar-refractivity contribution in [2.24, 2.45) is 0 Å². The van der Waals surface area contributed by atoms with Crippen LogP contribution in [0.3, 0.4) is 0 Å². The quantitative estimate of drug-likeness (QED) is 0.742. The van der Waals surface area contributed by atoms with Crippen LogP contribution in [0.15, 0.2) is 10.5 Å². The minimum Gasteiger partial charge on any atom is -0.423 e. The Bertz CT molecular complexity index is 249. The van der Waals surface area contributed by atoms with Crippen molar-refractivity contribution in [2.75, 3.05) is 0 Å². The van der Waals surface area contributed by atoms with E-state index in [2.05, 4.69) is 15.9 Å². The fourth-order valence-corrected chi connectivity index (χ4v) is 2.58. The standard InChI is InChI=1S/C6H8BBrO2S/c1-2-5-4(8)3-6(11-5)7(9)10/h3,9-10H,2H2,1H3. The van der Waals surface area contributed by atoms with Crippen molar-refractivity contribution in [2.45, 2.75) is 13.3 Å². The van der Waals surface area contributed by atoms with Crippen LogP contribution in [-0.4, -0.2) is 17.2 Å². The van der Waals surface area contributed by atoms with E-state index < -0.39 is 7.12 Å². The van der Waals surface area contributed by atoms with Crippen molar-refractivity contribution >= 4 is 39.2 Å². The van der Waals surface area contributed by atoms with Gasteiger partial charge in [0.2, 0.25) is 0 Å². The van der Waals surface area contributed by atoms with Gasteiger partial charge < -0.3 is 10.0 Å². The number of hydrogen-bond donors (Lipinski definition) is 2. The van der Waals surface area contributed by atoms with E-state index in [4.69, 9.17) is 10.0 Å². The van der Waals surface area contributed by atoms with Gasteiger partial charge in [-0.15, -0.1) is 11.3 Å². The fourth-order valence-electron chi connectivity index (χ4n) is 0.794. The maximum absolute atomic E-state index is 8.80. The first kappa shape index (κ1) is 9.25. The van der Waals surface area contributed by atoms with Gasteiger partial charge in [-0.2, -0.15) is 0 Å². The molecule has 0 bridgehead atoms. The molecule has 0 unspecified atom stereocenters. The third kappa shape index (κ3) is 2.05. The van der Waals surface area contributed by atoms with Crippen LogP contribution in [0, 0.1) is 0 Å². The van der Waals surface area contributed by atoms with E-state index in [1.807, 2.05) is 6.92 Å². The van der Waals surface area contributed by atoms with Crippen LogP contribution < -0.4 is 4.78 Å². The molecule has 0 saturated heterocycles. The Kier molecular flexibility index (Phi) is 3.12. The summed E-state index contributed by atoms with van der Waals surface area (Å²) in [6.45, 7) is 2.03. The lowest BCUT2D eigenvalue weighted by Gasteiger charge is -1.89. The molecule has 1 aromatic heterocycles. The highest BCUT2D eigenvalue weighted by atomic mass is 79.9. The number of halogens is 1. The van der Waals surface area contributed by atoms with Gasteiger partial charge in [-0.25, -0.2) is 0 Å². The minimum absolute atomic E-state index is 0.591. The molecule has 2 N–H and O–H groups in total. The van der Waals surface area contributed by atoms with E-state index in [-0.39, 0.29) is 0 Å².